The Morgan fingerprint density at radius 2 is 2.00 bits per heavy atom. The Morgan fingerprint density at radius 3 is 2.42 bits per heavy atom. The van der Waals surface area contributed by atoms with Gasteiger partial charge in [-0.1, -0.05) is 0 Å². The molecule has 0 fully saturated rings. The van der Waals surface area contributed by atoms with E-state index in [9.17, 15) is 5.11 Å². The van der Waals surface area contributed by atoms with E-state index in [4.69, 9.17) is 16.7 Å². The van der Waals surface area contributed by atoms with Gasteiger partial charge in [-0.2, -0.15) is 0 Å². The number of rotatable bonds is 6. The van der Waals surface area contributed by atoms with Crippen LogP contribution in [0.25, 0.3) is 0 Å². The molecule has 0 aromatic rings. The summed E-state index contributed by atoms with van der Waals surface area (Å²) in [7, 11) is 4.04. The lowest BCUT2D eigenvalue weighted by Gasteiger charge is -2.31. The van der Waals surface area contributed by atoms with E-state index in [1.54, 1.807) is 0 Å². The summed E-state index contributed by atoms with van der Waals surface area (Å²) in [6.07, 6.45) is 0.322. The van der Waals surface area contributed by atoms with Gasteiger partial charge in [-0.3, -0.25) is 0 Å². The second-order valence-electron chi connectivity index (χ2n) is 3.73. The number of quaternary nitrogens is 1. The van der Waals surface area contributed by atoms with Crippen LogP contribution < -0.4 is 0 Å². The summed E-state index contributed by atoms with van der Waals surface area (Å²) in [4.78, 5) is 0. The van der Waals surface area contributed by atoms with E-state index < -0.39 is 6.10 Å². The van der Waals surface area contributed by atoms with Gasteiger partial charge in [0.15, 0.2) is 0 Å². The van der Waals surface area contributed by atoms with Crippen LogP contribution in [-0.2, 0) is 0 Å². The topological polar surface area (TPSA) is 40.5 Å². The molecule has 0 saturated carbocycles. The lowest BCUT2D eigenvalue weighted by molar-refractivity contribution is -0.893. The molecule has 0 aliphatic heterocycles. The van der Waals surface area contributed by atoms with Crippen LogP contribution in [0, 0.1) is 0 Å². The lowest BCUT2D eigenvalue weighted by Crippen LogP contribution is -2.46. The monoisotopic (exact) mass is 196 g/mol. The van der Waals surface area contributed by atoms with Crippen LogP contribution in [-0.4, -0.2) is 60.5 Å². The third-order valence-electron chi connectivity index (χ3n) is 1.80. The van der Waals surface area contributed by atoms with Crippen LogP contribution in [0.5, 0.6) is 0 Å². The fraction of sp³-hybridized carbons (Fsp3) is 1.00. The summed E-state index contributed by atoms with van der Waals surface area (Å²) >= 11 is 5.48. The molecule has 74 valence electrons. The van der Waals surface area contributed by atoms with E-state index in [0.717, 1.165) is 13.0 Å². The first-order valence-electron chi connectivity index (χ1n) is 4.19. The van der Waals surface area contributed by atoms with Crippen molar-refractivity contribution in [2.45, 2.75) is 12.5 Å². The van der Waals surface area contributed by atoms with Crippen molar-refractivity contribution < 1.29 is 14.7 Å². The fourth-order valence-corrected chi connectivity index (χ4v) is 1.31. The van der Waals surface area contributed by atoms with Gasteiger partial charge in [0.25, 0.3) is 0 Å². The molecule has 0 unspecified atom stereocenters. The molecule has 2 N–H and O–H groups in total. The summed E-state index contributed by atoms with van der Waals surface area (Å²) < 4.78 is 0.703. The lowest BCUT2D eigenvalue weighted by atomic mass is 10.3. The summed E-state index contributed by atoms with van der Waals surface area (Å²) in [5, 5.41) is 17.9. The normalized spacial score (nSPS) is 14.8. The van der Waals surface area contributed by atoms with E-state index in [-0.39, 0.29) is 12.5 Å². The molecule has 0 aliphatic carbocycles. The maximum atomic E-state index is 9.28. The van der Waals surface area contributed by atoms with Crippen molar-refractivity contribution in [1.29, 1.82) is 0 Å². The van der Waals surface area contributed by atoms with Gasteiger partial charge in [0.05, 0.1) is 26.5 Å². The number of likely N-dealkylation sites (N-methyl/N-ethyl adjacent to an activating group) is 1. The molecule has 4 heteroatoms. The van der Waals surface area contributed by atoms with Crippen LogP contribution in [0.2, 0.25) is 0 Å². The predicted octanol–water partition coefficient (Wildman–Crippen LogP) is 0.0449. The third kappa shape index (κ3) is 5.77. The fourth-order valence-electron chi connectivity index (χ4n) is 1.21. The summed E-state index contributed by atoms with van der Waals surface area (Å²) in [6.45, 7) is 1.71. The first-order chi connectivity index (χ1) is 5.52. The number of hydrogen-bond acceptors (Lipinski definition) is 2. The van der Waals surface area contributed by atoms with E-state index in [2.05, 4.69) is 0 Å². The molecule has 0 aliphatic rings. The van der Waals surface area contributed by atoms with Crippen molar-refractivity contribution in [1.82, 2.24) is 0 Å². The van der Waals surface area contributed by atoms with E-state index >= 15 is 0 Å². The van der Waals surface area contributed by atoms with E-state index in [1.807, 2.05) is 14.1 Å². The van der Waals surface area contributed by atoms with Crippen LogP contribution >= 0.6 is 11.6 Å². The zero-order valence-corrected chi connectivity index (χ0v) is 8.59. The number of alkyl halides is 1. The molecular formula is C8H19ClNO2+. The van der Waals surface area contributed by atoms with Crippen molar-refractivity contribution in [2.24, 2.45) is 0 Å². The number of halogens is 1. The molecule has 12 heavy (non-hydrogen) atoms. The first-order valence-corrected chi connectivity index (χ1v) is 4.72. The van der Waals surface area contributed by atoms with Crippen molar-refractivity contribution in [3.05, 3.63) is 0 Å². The Morgan fingerprint density at radius 1 is 1.42 bits per heavy atom. The number of aliphatic hydroxyl groups is 2. The molecular weight excluding hydrogens is 178 g/mol. The van der Waals surface area contributed by atoms with Crippen molar-refractivity contribution in [3.63, 3.8) is 0 Å². The predicted molar refractivity (Wildman–Crippen MR) is 50.3 cm³/mol. The van der Waals surface area contributed by atoms with Gasteiger partial charge in [0.2, 0.25) is 0 Å². The van der Waals surface area contributed by atoms with Gasteiger partial charge in [0.1, 0.15) is 12.6 Å². The Bertz CT molecular complexity index is 120. The van der Waals surface area contributed by atoms with Gasteiger partial charge in [-0.25, -0.2) is 0 Å². The average molecular weight is 197 g/mol. The van der Waals surface area contributed by atoms with E-state index in [1.165, 1.54) is 0 Å². The highest BCUT2D eigenvalue weighted by Crippen LogP contribution is 2.02. The largest absolute Gasteiger partial charge is 0.396 e. The maximum absolute atomic E-state index is 9.28. The minimum Gasteiger partial charge on any atom is -0.396 e. The zero-order valence-electron chi connectivity index (χ0n) is 7.83. The van der Waals surface area contributed by atoms with Crippen molar-refractivity contribution in [3.8, 4) is 0 Å². The van der Waals surface area contributed by atoms with Gasteiger partial charge in [-0.05, 0) is 0 Å². The zero-order chi connectivity index (χ0) is 9.61. The Kier molecular flexibility index (Phi) is 5.84. The maximum Gasteiger partial charge on any atom is 0.116 e. The number of nitrogens with zero attached hydrogens (tertiary/aromatic N) is 1. The van der Waals surface area contributed by atoms with Gasteiger partial charge >= 0.3 is 0 Å². The Balaban J connectivity index is 3.69. The minimum atomic E-state index is -0.444. The summed E-state index contributed by atoms with van der Waals surface area (Å²) in [6, 6.07) is 0. The smallest absolute Gasteiger partial charge is 0.116 e. The average Bonchev–Trinajstić information content (AvgIpc) is 2.00. The second-order valence-corrected chi connectivity index (χ2v) is 4.04. The van der Waals surface area contributed by atoms with Crippen LogP contribution in [0.15, 0.2) is 0 Å². The quantitative estimate of drug-likeness (QED) is 0.466. The molecule has 0 saturated heterocycles. The highest BCUT2D eigenvalue weighted by Gasteiger charge is 2.18. The summed E-state index contributed by atoms with van der Waals surface area (Å²) in [5.41, 5.74) is 0. The Hall–Kier alpha value is 0.170. The molecule has 0 spiro atoms. The van der Waals surface area contributed by atoms with Gasteiger partial charge in [-0.15, -0.1) is 11.6 Å². The molecule has 1 atom stereocenters. The SMILES string of the molecule is C[N+](C)(CCCO)C[C@H](O)CCl. The van der Waals surface area contributed by atoms with Gasteiger partial charge in [0, 0.05) is 13.0 Å². The molecule has 0 aromatic carbocycles. The number of hydrogen-bond donors (Lipinski definition) is 2. The molecule has 0 amide bonds. The molecule has 0 aromatic heterocycles. The Labute approximate surface area is 79.2 Å². The highest BCUT2D eigenvalue weighted by atomic mass is 35.5. The van der Waals surface area contributed by atoms with Crippen molar-refractivity contribution >= 4 is 11.6 Å². The van der Waals surface area contributed by atoms with Crippen LogP contribution in [0.4, 0.5) is 0 Å². The molecule has 0 bridgehead atoms. The van der Waals surface area contributed by atoms with E-state index in [0.29, 0.717) is 11.0 Å². The van der Waals surface area contributed by atoms with Gasteiger partial charge < -0.3 is 14.7 Å². The molecule has 3 nitrogen and oxygen atoms in total. The molecule has 0 rings (SSSR count). The highest BCUT2D eigenvalue weighted by molar-refractivity contribution is 6.18. The molecule has 0 heterocycles. The van der Waals surface area contributed by atoms with Crippen LogP contribution in [0.3, 0.4) is 0 Å². The standard InChI is InChI=1S/C8H19ClNO2/c1-10(2,4-3-5-11)7-8(12)6-9/h8,11-12H,3-7H2,1-2H3/q+1/t8-/m1/s1. The first kappa shape index (κ1) is 12.2. The minimum absolute atomic E-state index is 0.207. The van der Waals surface area contributed by atoms with Crippen LogP contribution in [0.1, 0.15) is 6.42 Å². The van der Waals surface area contributed by atoms with Crippen molar-refractivity contribution in [2.75, 3.05) is 39.7 Å². The number of aliphatic hydroxyl groups excluding tert-OH is 2. The third-order valence-corrected chi connectivity index (χ3v) is 2.16. The second kappa shape index (κ2) is 5.75. The summed E-state index contributed by atoms with van der Waals surface area (Å²) in [5.74, 6) is 0.279. The molecule has 0 radical (unpaired) electrons.